The Morgan fingerprint density at radius 2 is 1.36 bits per heavy atom. The fraction of sp³-hybridized carbons (Fsp3) is 0.294. The normalized spacial score (nSPS) is 12.0. The summed E-state index contributed by atoms with van der Waals surface area (Å²) >= 11 is 0. The molecule has 0 heterocycles. The number of sulfonamides is 2. The molecule has 0 aliphatic carbocycles. The van der Waals surface area contributed by atoms with E-state index in [0.717, 1.165) is 16.1 Å². The third kappa shape index (κ3) is 4.32. The average molecular weight is 383 g/mol. The van der Waals surface area contributed by atoms with Crippen molar-refractivity contribution in [1.82, 2.24) is 0 Å². The van der Waals surface area contributed by atoms with E-state index in [2.05, 4.69) is 4.72 Å². The summed E-state index contributed by atoms with van der Waals surface area (Å²) in [6, 6.07) is 9.82. The van der Waals surface area contributed by atoms with Gasteiger partial charge in [-0.15, -0.1) is 0 Å². The molecule has 8 heteroatoms. The SMILES string of the molecule is Cc1cc(C)c(S(=O)(=O)Nc2ccc(N(C)S(C)(=O)=O)cc2)c(C)c1. The van der Waals surface area contributed by atoms with Gasteiger partial charge in [-0.3, -0.25) is 9.03 Å². The van der Waals surface area contributed by atoms with E-state index in [9.17, 15) is 16.8 Å². The highest BCUT2D eigenvalue weighted by Crippen LogP contribution is 2.25. The Bertz CT molecular complexity index is 972. The maximum atomic E-state index is 12.7. The lowest BCUT2D eigenvalue weighted by molar-refractivity contribution is 0.598. The van der Waals surface area contributed by atoms with Crippen LogP contribution in [0.15, 0.2) is 41.3 Å². The molecule has 0 saturated carbocycles. The van der Waals surface area contributed by atoms with Gasteiger partial charge in [0.2, 0.25) is 10.0 Å². The van der Waals surface area contributed by atoms with Gasteiger partial charge in [0.1, 0.15) is 0 Å². The molecule has 25 heavy (non-hydrogen) atoms. The lowest BCUT2D eigenvalue weighted by atomic mass is 10.1. The van der Waals surface area contributed by atoms with Gasteiger partial charge in [-0.05, 0) is 56.2 Å². The molecule has 136 valence electrons. The molecule has 2 aromatic rings. The van der Waals surface area contributed by atoms with Gasteiger partial charge in [-0.1, -0.05) is 17.7 Å². The van der Waals surface area contributed by atoms with Crippen molar-refractivity contribution in [3.8, 4) is 0 Å². The molecule has 6 nitrogen and oxygen atoms in total. The molecule has 0 unspecified atom stereocenters. The van der Waals surface area contributed by atoms with Crippen LogP contribution in [0.2, 0.25) is 0 Å². The quantitative estimate of drug-likeness (QED) is 0.862. The first-order valence-corrected chi connectivity index (χ1v) is 10.9. The Morgan fingerprint density at radius 1 is 0.880 bits per heavy atom. The lowest BCUT2D eigenvalue weighted by Crippen LogP contribution is -2.24. The van der Waals surface area contributed by atoms with Gasteiger partial charge >= 0.3 is 0 Å². The van der Waals surface area contributed by atoms with Crippen LogP contribution in [0.25, 0.3) is 0 Å². The minimum absolute atomic E-state index is 0.260. The summed E-state index contributed by atoms with van der Waals surface area (Å²) < 4.78 is 52.2. The van der Waals surface area contributed by atoms with Gasteiger partial charge in [0, 0.05) is 12.7 Å². The van der Waals surface area contributed by atoms with Crippen molar-refractivity contribution in [3.05, 3.63) is 53.1 Å². The summed E-state index contributed by atoms with van der Waals surface area (Å²) in [5, 5.41) is 0. The zero-order chi connectivity index (χ0) is 19.0. The van der Waals surface area contributed by atoms with E-state index in [1.807, 2.05) is 19.1 Å². The van der Waals surface area contributed by atoms with Crippen LogP contribution in [0.5, 0.6) is 0 Å². The highest BCUT2D eigenvalue weighted by molar-refractivity contribution is 7.93. The number of aryl methyl sites for hydroxylation is 3. The van der Waals surface area contributed by atoms with Crippen LogP contribution in [0.1, 0.15) is 16.7 Å². The first-order valence-electron chi connectivity index (χ1n) is 7.56. The minimum atomic E-state index is -3.73. The van der Waals surface area contributed by atoms with Crippen LogP contribution in [0.4, 0.5) is 11.4 Å². The van der Waals surface area contributed by atoms with Crippen LogP contribution in [-0.4, -0.2) is 30.1 Å². The number of anilines is 2. The monoisotopic (exact) mass is 382 g/mol. The van der Waals surface area contributed by atoms with Gasteiger partial charge in [-0.25, -0.2) is 16.8 Å². The zero-order valence-corrected chi connectivity index (χ0v) is 16.5. The Morgan fingerprint density at radius 3 is 1.80 bits per heavy atom. The highest BCUT2D eigenvalue weighted by atomic mass is 32.2. The van der Waals surface area contributed by atoms with Crippen molar-refractivity contribution in [2.24, 2.45) is 0 Å². The molecule has 0 aromatic heterocycles. The molecule has 2 aromatic carbocycles. The molecule has 0 saturated heterocycles. The first kappa shape index (κ1) is 19.3. The standard InChI is InChI=1S/C17H22N2O4S2/c1-12-10-13(2)17(14(3)11-12)25(22,23)18-15-6-8-16(9-7-15)19(4)24(5,20)21/h6-11,18H,1-5H3. The molecule has 0 aliphatic heterocycles. The Labute approximate surface area is 149 Å². The van der Waals surface area contributed by atoms with Crippen LogP contribution < -0.4 is 9.03 Å². The molecule has 0 fully saturated rings. The summed E-state index contributed by atoms with van der Waals surface area (Å²) in [5.41, 5.74) is 3.18. The Hall–Kier alpha value is -2.06. The van der Waals surface area contributed by atoms with Crippen LogP contribution in [-0.2, 0) is 20.0 Å². The van der Waals surface area contributed by atoms with E-state index in [1.54, 1.807) is 26.0 Å². The Kier molecular flexibility index (Phi) is 5.15. The maximum absolute atomic E-state index is 12.7. The van der Waals surface area contributed by atoms with Gasteiger partial charge in [0.15, 0.2) is 0 Å². The molecular weight excluding hydrogens is 360 g/mol. The summed E-state index contributed by atoms with van der Waals surface area (Å²) in [7, 11) is -5.66. The summed E-state index contributed by atoms with van der Waals surface area (Å²) in [6.45, 7) is 5.44. The fourth-order valence-corrected chi connectivity index (χ4v) is 4.75. The number of nitrogens with one attached hydrogen (secondary N) is 1. The van der Waals surface area contributed by atoms with Gasteiger partial charge in [0.05, 0.1) is 16.8 Å². The van der Waals surface area contributed by atoms with Crippen molar-refractivity contribution in [3.63, 3.8) is 0 Å². The molecule has 0 spiro atoms. The molecule has 0 radical (unpaired) electrons. The molecule has 0 atom stereocenters. The largest absolute Gasteiger partial charge is 0.280 e. The second-order valence-electron chi connectivity index (χ2n) is 6.11. The molecule has 0 amide bonds. The highest BCUT2D eigenvalue weighted by Gasteiger charge is 2.20. The van der Waals surface area contributed by atoms with E-state index >= 15 is 0 Å². The van der Waals surface area contributed by atoms with E-state index in [4.69, 9.17) is 0 Å². The predicted octanol–water partition coefficient (Wildman–Crippen LogP) is 2.81. The summed E-state index contributed by atoms with van der Waals surface area (Å²) in [4.78, 5) is 0.260. The molecule has 1 N–H and O–H groups in total. The molecule has 0 bridgehead atoms. The second kappa shape index (κ2) is 6.68. The number of benzene rings is 2. The van der Waals surface area contributed by atoms with E-state index in [-0.39, 0.29) is 4.90 Å². The van der Waals surface area contributed by atoms with E-state index < -0.39 is 20.0 Å². The smallest absolute Gasteiger partial charge is 0.262 e. The van der Waals surface area contributed by atoms with Crippen LogP contribution in [0, 0.1) is 20.8 Å². The van der Waals surface area contributed by atoms with E-state index in [1.165, 1.54) is 19.2 Å². The minimum Gasteiger partial charge on any atom is -0.280 e. The molecule has 0 aliphatic rings. The molecular formula is C17H22N2O4S2. The topological polar surface area (TPSA) is 83.6 Å². The number of rotatable bonds is 5. The summed E-state index contributed by atoms with van der Waals surface area (Å²) in [5.74, 6) is 0. The second-order valence-corrected chi connectivity index (χ2v) is 9.74. The van der Waals surface area contributed by atoms with Gasteiger partial charge in [0.25, 0.3) is 10.0 Å². The predicted molar refractivity (Wildman–Crippen MR) is 101 cm³/mol. The zero-order valence-electron chi connectivity index (χ0n) is 14.9. The average Bonchev–Trinajstić information content (AvgIpc) is 2.44. The van der Waals surface area contributed by atoms with Crippen LogP contribution >= 0.6 is 0 Å². The van der Waals surface area contributed by atoms with E-state index in [0.29, 0.717) is 22.5 Å². The number of hydrogen-bond acceptors (Lipinski definition) is 4. The Balaban J connectivity index is 2.34. The van der Waals surface area contributed by atoms with Gasteiger partial charge < -0.3 is 0 Å². The van der Waals surface area contributed by atoms with Gasteiger partial charge in [-0.2, -0.15) is 0 Å². The fourth-order valence-electron chi connectivity index (χ4n) is 2.73. The first-order chi connectivity index (χ1) is 11.4. The van der Waals surface area contributed by atoms with Crippen molar-refractivity contribution >= 4 is 31.4 Å². The van der Waals surface area contributed by atoms with Crippen LogP contribution in [0.3, 0.4) is 0 Å². The van der Waals surface area contributed by atoms with Crippen molar-refractivity contribution in [1.29, 1.82) is 0 Å². The van der Waals surface area contributed by atoms with Crippen molar-refractivity contribution < 1.29 is 16.8 Å². The van der Waals surface area contributed by atoms with Crippen molar-refractivity contribution in [2.45, 2.75) is 25.7 Å². The lowest BCUT2D eigenvalue weighted by Gasteiger charge is -2.17. The van der Waals surface area contributed by atoms with Crippen molar-refractivity contribution in [2.75, 3.05) is 22.3 Å². The number of nitrogens with zero attached hydrogens (tertiary/aromatic N) is 1. The maximum Gasteiger partial charge on any atom is 0.262 e. The number of hydrogen-bond donors (Lipinski definition) is 1. The molecule has 2 rings (SSSR count). The summed E-state index contributed by atoms with van der Waals surface area (Å²) in [6.07, 6.45) is 1.10. The third-order valence-corrected chi connectivity index (χ3v) is 6.75. The third-order valence-electron chi connectivity index (χ3n) is 3.85.